The highest BCUT2D eigenvalue weighted by atomic mass is 16.5. The molecule has 26 heavy (non-hydrogen) atoms. The van der Waals surface area contributed by atoms with Gasteiger partial charge in [-0.15, -0.1) is 0 Å². The van der Waals surface area contributed by atoms with Crippen molar-refractivity contribution in [3.8, 4) is 17.2 Å². The Labute approximate surface area is 152 Å². The van der Waals surface area contributed by atoms with Gasteiger partial charge in [-0.05, 0) is 41.5 Å². The minimum atomic E-state index is -0.242. The minimum Gasteiger partial charge on any atom is -0.493 e. The average molecular weight is 351 g/mol. The van der Waals surface area contributed by atoms with Crippen molar-refractivity contribution >= 4 is 22.4 Å². The van der Waals surface area contributed by atoms with Crippen LogP contribution < -0.4 is 19.5 Å². The first-order chi connectivity index (χ1) is 12.6. The summed E-state index contributed by atoms with van der Waals surface area (Å²) >= 11 is 0. The second-order valence-electron chi connectivity index (χ2n) is 5.87. The van der Waals surface area contributed by atoms with Crippen LogP contribution in [0.4, 0.5) is 5.69 Å². The van der Waals surface area contributed by atoms with Gasteiger partial charge in [0.2, 0.25) is 0 Å². The molecule has 0 saturated heterocycles. The van der Waals surface area contributed by atoms with E-state index >= 15 is 0 Å². The maximum Gasteiger partial charge on any atom is 0.262 e. The quantitative estimate of drug-likeness (QED) is 0.724. The Balaban J connectivity index is 1.66. The number of ether oxygens (including phenoxy) is 3. The summed E-state index contributed by atoms with van der Waals surface area (Å²) in [6.45, 7) is 1.81. The molecule has 0 spiro atoms. The van der Waals surface area contributed by atoms with Crippen LogP contribution in [0.2, 0.25) is 0 Å². The Hall–Kier alpha value is -3.21. The Bertz CT molecular complexity index is 936. The molecule has 0 heterocycles. The van der Waals surface area contributed by atoms with Gasteiger partial charge in [-0.1, -0.05) is 30.3 Å². The fourth-order valence-corrected chi connectivity index (χ4v) is 2.71. The SMILES string of the molecule is COc1cc(C)c(NC(=O)COc2ccc3ccccc3c2)cc1OC. The van der Waals surface area contributed by atoms with Crippen LogP contribution in [0.15, 0.2) is 54.6 Å². The molecule has 5 heteroatoms. The number of nitrogens with one attached hydrogen (secondary N) is 1. The highest BCUT2D eigenvalue weighted by Crippen LogP contribution is 2.32. The van der Waals surface area contributed by atoms with Gasteiger partial charge >= 0.3 is 0 Å². The number of carbonyl (C=O) groups is 1. The molecule has 3 aromatic carbocycles. The van der Waals surface area contributed by atoms with Crippen LogP contribution >= 0.6 is 0 Å². The molecular weight excluding hydrogens is 330 g/mol. The van der Waals surface area contributed by atoms with Crippen LogP contribution in [-0.4, -0.2) is 26.7 Å². The molecule has 5 nitrogen and oxygen atoms in total. The topological polar surface area (TPSA) is 56.8 Å². The second kappa shape index (κ2) is 7.78. The predicted molar refractivity (Wildman–Crippen MR) is 102 cm³/mol. The molecule has 134 valence electrons. The fraction of sp³-hybridized carbons (Fsp3) is 0.190. The molecule has 3 rings (SSSR count). The lowest BCUT2D eigenvalue weighted by atomic mass is 10.1. The molecule has 0 atom stereocenters. The van der Waals surface area contributed by atoms with E-state index in [2.05, 4.69) is 5.32 Å². The predicted octanol–water partition coefficient (Wildman–Crippen LogP) is 4.18. The third-order valence-electron chi connectivity index (χ3n) is 4.10. The van der Waals surface area contributed by atoms with E-state index in [0.29, 0.717) is 22.9 Å². The zero-order valence-electron chi connectivity index (χ0n) is 15.0. The van der Waals surface area contributed by atoms with Crippen LogP contribution in [0.1, 0.15) is 5.56 Å². The number of rotatable bonds is 6. The van der Waals surface area contributed by atoms with E-state index < -0.39 is 0 Å². The standard InChI is InChI=1S/C21H21NO4/c1-14-10-19(24-2)20(25-3)12-18(14)22-21(23)13-26-17-9-8-15-6-4-5-7-16(15)11-17/h4-12H,13H2,1-3H3,(H,22,23). The molecule has 0 unspecified atom stereocenters. The summed E-state index contributed by atoms with van der Waals surface area (Å²) in [6.07, 6.45) is 0. The number of hydrogen-bond acceptors (Lipinski definition) is 4. The first-order valence-corrected chi connectivity index (χ1v) is 8.25. The van der Waals surface area contributed by atoms with E-state index in [4.69, 9.17) is 14.2 Å². The van der Waals surface area contributed by atoms with Gasteiger partial charge in [-0.2, -0.15) is 0 Å². The summed E-state index contributed by atoms with van der Waals surface area (Å²) in [5, 5.41) is 5.04. The van der Waals surface area contributed by atoms with E-state index in [-0.39, 0.29) is 12.5 Å². The fourth-order valence-electron chi connectivity index (χ4n) is 2.71. The van der Waals surface area contributed by atoms with E-state index in [1.165, 1.54) is 0 Å². The zero-order chi connectivity index (χ0) is 18.5. The van der Waals surface area contributed by atoms with Crippen molar-refractivity contribution in [3.05, 3.63) is 60.2 Å². The smallest absolute Gasteiger partial charge is 0.262 e. The highest BCUT2D eigenvalue weighted by Gasteiger charge is 2.11. The van der Waals surface area contributed by atoms with Gasteiger partial charge in [-0.25, -0.2) is 0 Å². The largest absolute Gasteiger partial charge is 0.493 e. The van der Waals surface area contributed by atoms with Gasteiger partial charge in [0, 0.05) is 11.8 Å². The molecule has 0 fully saturated rings. The lowest BCUT2D eigenvalue weighted by Gasteiger charge is -2.14. The number of hydrogen-bond donors (Lipinski definition) is 1. The second-order valence-corrected chi connectivity index (χ2v) is 5.87. The molecule has 0 aliphatic carbocycles. The van der Waals surface area contributed by atoms with E-state index in [1.807, 2.05) is 55.5 Å². The van der Waals surface area contributed by atoms with Crippen molar-refractivity contribution < 1.29 is 19.0 Å². The molecule has 0 aliphatic heterocycles. The number of amides is 1. The van der Waals surface area contributed by atoms with Gasteiger partial charge in [0.25, 0.3) is 5.91 Å². The Kier molecular flexibility index (Phi) is 5.27. The van der Waals surface area contributed by atoms with E-state index in [9.17, 15) is 4.79 Å². The van der Waals surface area contributed by atoms with Crippen molar-refractivity contribution in [1.82, 2.24) is 0 Å². The lowest BCUT2D eigenvalue weighted by molar-refractivity contribution is -0.118. The Morgan fingerprint density at radius 3 is 2.35 bits per heavy atom. The molecule has 0 bridgehead atoms. The Morgan fingerprint density at radius 2 is 1.62 bits per heavy atom. The molecular formula is C21H21NO4. The zero-order valence-corrected chi connectivity index (χ0v) is 15.0. The molecule has 0 aliphatic rings. The molecule has 3 aromatic rings. The van der Waals surface area contributed by atoms with Gasteiger partial charge in [0.1, 0.15) is 5.75 Å². The van der Waals surface area contributed by atoms with Crippen molar-refractivity contribution in [2.24, 2.45) is 0 Å². The minimum absolute atomic E-state index is 0.0773. The first-order valence-electron chi connectivity index (χ1n) is 8.25. The van der Waals surface area contributed by atoms with Gasteiger partial charge < -0.3 is 19.5 Å². The van der Waals surface area contributed by atoms with Crippen LogP contribution in [-0.2, 0) is 4.79 Å². The summed E-state index contributed by atoms with van der Waals surface area (Å²) in [5.74, 6) is 1.59. The summed E-state index contributed by atoms with van der Waals surface area (Å²) in [6, 6.07) is 17.3. The molecule has 1 amide bonds. The monoisotopic (exact) mass is 351 g/mol. The summed E-state index contributed by atoms with van der Waals surface area (Å²) in [4.78, 5) is 12.2. The average Bonchev–Trinajstić information content (AvgIpc) is 2.67. The maximum absolute atomic E-state index is 12.2. The lowest BCUT2D eigenvalue weighted by Crippen LogP contribution is -2.20. The van der Waals surface area contributed by atoms with Gasteiger partial charge in [-0.3, -0.25) is 4.79 Å². The normalized spacial score (nSPS) is 10.4. The number of benzene rings is 3. The first kappa shape index (κ1) is 17.6. The third-order valence-corrected chi connectivity index (χ3v) is 4.10. The van der Waals surface area contributed by atoms with Gasteiger partial charge in [0.05, 0.1) is 14.2 Å². The van der Waals surface area contributed by atoms with Crippen molar-refractivity contribution in [2.75, 3.05) is 26.1 Å². The number of carbonyl (C=O) groups excluding carboxylic acids is 1. The van der Waals surface area contributed by atoms with E-state index in [1.54, 1.807) is 20.3 Å². The molecule has 0 radical (unpaired) electrons. The van der Waals surface area contributed by atoms with Crippen LogP contribution in [0, 0.1) is 6.92 Å². The number of fused-ring (bicyclic) bond motifs is 1. The van der Waals surface area contributed by atoms with Crippen molar-refractivity contribution in [3.63, 3.8) is 0 Å². The Morgan fingerprint density at radius 1 is 0.923 bits per heavy atom. The third kappa shape index (κ3) is 3.88. The molecule has 0 saturated carbocycles. The van der Waals surface area contributed by atoms with Crippen molar-refractivity contribution in [2.45, 2.75) is 6.92 Å². The summed E-state index contributed by atoms with van der Waals surface area (Å²) in [5.41, 5.74) is 1.54. The molecule has 0 aromatic heterocycles. The van der Waals surface area contributed by atoms with Gasteiger partial charge in [0.15, 0.2) is 18.1 Å². The van der Waals surface area contributed by atoms with Crippen LogP contribution in [0.3, 0.4) is 0 Å². The number of aryl methyl sites for hydroxylation is 1. The van der Waals surface area contributed by atoms with Crippen LogP contribution in [0.5, 0.6) is 17.2 Å². The molecule has 1 N–H and O–H groups in total. The van der Waals surface area contributed by atoms with Crippen LogP contribution in [0.25, 0.3) is 10.8 Å². The summed E-state index contributed by atoms with van der Waals surface area (Å²) in [7, 11) is 3.13. The highest BCUT2D eigenvalue weighted by molar-refractivity contribution is 5.93. The maximum atomic E-state index is 12.2. The number of anilines is 1. The summed E-state index contributed by atoms with van der Waals surface area (Å²) < 4.78 is 16.2. The van der Waals surface area contributed by atoms with Crippen molar-refractivity contribution in [1.29, 1.82) is 0 Å². The van der Waals surface area contributed by atoms with E-state index in [0.717, 1.165) is 16.3 Å². The number of methoxy groups -OCH3 is 2.